The Hall–Kier alpha value is -2.81. The number of nitrogens with one attached hydrogen (secondary N) is 1. The molecule has 0 aromatic heterocycles. The molecule has 3 heteroatoms. The number of amides is 1. The molecule has 0 spiro atoms. The number of methoxy groups -OCH3 is 1. The van der Waals surface area contributed by atoms with Crippen molar-refractivity contribution in [2.24, 2.45) is 0 Å². The third kappa shape index (κ3) is 3.82. The first-order valence-electron chi connectivity index (χ1n) is 8.49. The van der Waals surface area contributed by atoms with Gasteiger partial charge in [-0.2, -0.15) is 0 Å². The summed E-state index contributed by atoms with van der Waals surface area (Å²) < 4.78 is 5.43. The van der Waals surface area contributed by atoms with Gasteiger partial charge >= 0.3 is 0 Å². The van der Waals surface area contributed by atoms with Crippen LogP contribution in [0.5, 0.6) is 5.75 Å². The number of carbonyl (C=O) groups is 1. The molecule has 0 radical (unpaired) electrons. The van der Waals surface area contributed by atoms with Crippen molar-refractivity contribution in [3.63, 3.8) is 0 Å². The summed E-state index contributed by atoms with van der Waals surface area (Å²) in [6, 6.07) is 20.1. The van der Waals surface area contributed by atoms with E-state index in [4.69, 9.17) is 4.74 Å². The zero-order valence-corrected chi connectivity index (χ0v) is 14.9. The molecule has 0 saturated carbocycles. The van der Waals surface area contributed by atoms with Gasteiger partial charge < -0.3 is 10.1 Å². The van der Waals surface area contributed by atoms with Gasteiger partial charge in [-0.1, -0.05) is 60.2 Å². The van der Waals surface area contributed by atoms with Crippen molar-refractivity contribution in [1.82, 2.24) is 5.32 Å². The van der Waals surface area contributed by atoms with Crippen LogP contribution in [0.15, 0.2) is 60.7 Å². The van der Waals surface area contributed by atoms with Gasteiger partial charge in [-0.15, -0.1) is 0 Å². The van der Waals surface area contributed by atoms with E-state index in [9.17, 15) is 4.79 Å². The summed E-state index contributed by atoms with van der Waals surface area (Å²) in [5.41, 5.74) is 3.18. The second kappa shape index (κ2) is 7.39. The smallest absolute Gasteiger partial charge is 0.224 e. The molecule has 25 heavy (non-hydrogen) atoms. The molecule has 128 valence electrons. The van der Waals surface area contributed by atoms with Crippen LogP contribution in [0.1, 0.15) is 29.7 Å². The molecule has 0 saturated heterocycles. The molecule has 0 heterocycles. The van der Waals surface area contributed by atoms with E-state index in [1.54, 1.807) is 7.11 Å². The van der Waals surface area contributed by atoms with E-state index in [0.717, 1.165) is 33.2 Å². The lowest BCUT2D eigenvalue weighted by atomic mass is 10.0. The highest BCUT2D eigenvalue weighted by Crippen LogP contribution is 2.26. The third-order valence-corrected chi connectivity index (χ3v) is 4.46. The van der Waals surface area contributed by atoms with Crippen molar-refractivity contribution >= 4 is 16.7 Å². The van der Waals surface area contributed by atoms with E-state index in [-0.39, 0.29) is 11.9 Å². The van der Waals surface area contributed by atoms with Crippen LogP contribution in [0.4, 0.5) is 0 Å². The Labute approximate surface area is 148 Å². The Morgan fingerprint density at radius 3 is 2.64 bits per heavy atom. The Morgan fingerprint density at radius 2 is 1.84 bits per heavy atom. The fraction of sp³-hybridized carbons (Fsp3) is 0.227. The van der Waals surface area contributed by atoms with E-state index < -0.39 is 0 Å². The lowest BCUT2D eigenvalue weighted by Gasteiger charge is -2.18. The van der Waals surface area contributed by atoms with Crippen molar-refractivity contribution in [2.45, 2.75) is 26.3 Å². The number of aryl methyl sites for hydroxylation is 1. The largest absolute Gasteiger partial charge is 0.496 e. The Kier molecular flexibility index (Phi) is 5.03. The van der Waals surface area contributed by atoms with E-state index in [1.165, 1.54) is 0 Å². The van der Waals surface area contributed by atoms with Gasteiger partial charge in [0.2, 0.25) is 5.91 Å². The third-order valence-electron chi connectivity index (χ3n) is 4.46. The van der Waals surface area contributed by atoms with E-state index in [2.05, 4.69) is 29.6 Å². The SMILES string of the molecule is COc1ccc(C)cc1C(C)NC(=O)Cc1cccc2ccccc12. The number of fused-ring (bicyclic) bond motifs is 1. The molecule has 0 bridgehead atoms. The van der Waals surface area contributed by atoms with Crippen LogP contribution < -0.4 is 10.1 Å². The fourth-order valence-electron chi connectivity index (χ4n) is 3.18. The Morgan fingerprint density at radius 1 is 1.08 bits per heavy atom. The van der Waals surface area contributed by atoms with Crippen LogP contribution in [0.25, 0.3) is 10.8 Å². The maximum atomic E-state index is 12.6. The molecule has 3 aromatic carbocycles. The van der Waals surface area contributed by atoms with Gasteiger partial charge in [0.15, 0.2) is 0 Å². The first-order valence-corrected chi connectivity index (χ1v) is 8.49. The maximum Gasteiger partial charge on any atom is 0.224 e. The summed E-state index contributed by atoms with van der Waals surface area (Å²) in [4.78, 5) is 12.6. The molecule has 3 aromatic rings. The Bertz CT molecular complexity index is 896. The van der Waals surface area contributed by atoms with Gasteiger partial charge in [0, 0.05) is 5.56 Å². The minimum atomic E-state index is -0.114. The second-order valence-electron chi connectivity index (χ2n) is 6.35. The molecule has 0 aliphatic heterocycles. The van der Waals surface area contributed by atoms with Crippen LogP contribution in [0.2, 0.25) is 0 Å². The van der Waals surface area contributed by atoms with Crippen LogP contribution in [0, 0.1) is 6.92 Å². The summed E-state index contributed by atoms with van der Waals surface area (Å²) in [6.07, 6.45) is 0.361. The van der Waals surface area contributed by atoms with Gasteiger partial charge in [-0.05, 0) is 36.2 Å². The fourth-order valence-corrected chi connectivity index (χ4v) is 3.18. The molecular weight excluding hydrogens is 310 g/mol. The molecule has 3 rings (SSSR count). The average Bonchev–Trinajstić information content (AvgIpc) is 2.62. The number of carbonyl (C=O) groups excluding carboxylic acids is 1. The van der Waals surface area contributed by atoms with Crippen molar-refractivity contribution in [1.29, 1.82) is 0 Å². The topological polar surface area (TPSA) is 38.3 Å². The molecule has 0 aliphatic carbocycles. The predicted molar refractivity (Wildman–Crippen MR) is 102 cm³/mol. The van der Waals surface area contributed by atoms with Gasteiger partial charge in [-0.3, -0.25) is 4.79 Å². The van der Waals surface area contributed by atoms with Crippen LogP contribution in [0.3, 0.4) is 0 Å². The minimum Gasteiger partial charge on any atom is -0.496 e. The summed E-state index contributed by atoms with van der Waals surface area (Å²) in [7, 11) is 1.65. The lowest BCUT2D eigenvalue weighted by Crippen LogP contribution is -2.28. The molecule has 1 N–H and O–H groups in total. The molecular formula is C22H23NO2. The van der Waals surface area contributed by atoms with E-state index >= 15 is 0 Å². The summed E-state index contributed by atoms with van der Waals surface area (Å²) >= 11 is 0. The highest BCUT2D eigenvalue weighted by molar-refractivity contribution is 5.90. The molecule has 3 nitrogen and oxygen atoms in total. The average molecular weight is 333 g/mol. The number of rotatable bonds is 5. The Balaban J connectivity index is 1.77. The molecule has 0 fully saturated rings. The lowest BCUT2D eigenvalue weighted by molar-refractivity contribution is -0.121. The highest BCUT2D eigenvalue weighted by atomic mass is 16.5. The van der Waals surface area contributed by atoms with E-state index in [1.807, 2.05) is 50.2 Å². The first kappa shape index (κ1) is 17.0. The molecule has 1 atom stereocenters. The van der Waals surface area contributed by atoms with Gasteiger partial charge in [0.05, 0.1) is 19.6 Å². The minimum absolute atomic E-state index is 0.00686. The summed E-state index contributed by atoms with van der Waals surface area (Å²) in [5, 5.41) is 5.37. The van der Waals surface area contributed by atoms with E-state index in [0.29, 0.717) is 6.42 Å². The number of benzene rings is 3. The maximum absolute atomic E-state index is 12.6. The monoisotopic (exact) mass is 333 g/mol. The van der Waals surface area contributed by atoms with Crippen molar-refractivity contribution in [3.05, 3.63) is 77.4 Å². The van der Waals surface area contributed by atoms with Gasteiger partial charge in [-0.25, -0.2) is 0 Å². The molecule has 0 aliphatic rings. The number of ether oxygens (including phenoxy) is 1. The second-order valence-corrected chi connectivity index (χ2v) is 6.35. The predicted octanol–water partition coefficient (Wildman–Crippen LogP) is 4.58. The summed E-state index contributed by atoms with van der Waals surface area (Å²) in [5.74, 6) is 0.802. The van der Waals surface area contributed by atoms with Crippen LogP contribution in [-0.4, -0.2) is 13.0 Å². The standard InChI is InChI=1S/C22H23NO2/c1-15-11-12-21(25-3)20(13-15)16(2)23-22(24)14-18-9-6-8-17-7-4-5-10-19(17)18/h4-13,16H,14H2,1-3H3,(H,23,24). The summed E-state index contributed by atoms with van der Waals surface area (Å²) in [6.45, 7) is 4.02. The van der Waals surface area contributed by atoms with Crippen LogP contribution >= 0.6 is 0 Å². The number of hydrogen-bond donors (Lipinski definition) is 1. The zero-order chi connectivity index (χ0) is 17.8. The first-order chi connectivity index (χ1) is 12.1. The van der Waals surface area contributed by atoms with Crippen molar-refractivity contribution in [3.8, 4) is 5.75 Å². The zero-order valence-electron chi connectivity index (χ0n) is 14.9. The molecule has 1 amide bonds. The van der Waals surface area contributed by atoms with Crippen LogP contribution in [-0.2, 0) is 11.2 Å². The van der Waals surface area contributed by atoms with Crippen molar-refractivity contribution in [2.75, 3.05) is 7.11 Å². The van der Waals surface area contributed by atoms with Gasteiger partial charge in [0.25, 0.3) is 0 Å². The number of hydrogen-bond acceptors (Lipinski definition) is 2. The molecule has 1 unspecified atom stereocenters. The van der Waals surface area contributed by atoms with Crippen molar-refractivity contribution < 1.29 is 9.53 Å². The normalized spacial score (nSPS) is 12.0. The highest BCUT2D eigenvalue weighted by Gasteiger charge is 2.15. The quantitative estimate of drug-likeness (QED) is 0.742. The van der Waals surface area contributed by atoms with Gasteiger partial charge in [0.1, 0.15) is 5.75 Å².